The summed E-state index contributed by atoms with van der Waals surface area (Å²) in [5.41, 5.74) is 0.676. The molecule has 1 aliphatic heterocycles. The zero-order valence-corrected chi connectivity index (χ0v) is 14.6. The van der Waals surface area contributed by atoms with E-state index in [0.29, 0.717) is 18.7 Å². The van der Waals surface area contributed by atoms with Gasteiger partial charge in [0, 0.05) is 43.3 Å². The van der Waals surface area contributed by atoms with Gasteiger partial charge in [-0.15, -0.1) is 11.3 Å². The number of rotatable bonds is 3. The van der Waals surface area contributed by atoms with Crippen LogP contribution >= 0.6 is 27.3 Å². The van der Waals surface area contributed by atoms with Crippen molar-refractivity contribution in [2.45, 2.75) is 0 Å². The number of halogens is 1. The lowest BCUT2D eigenvalue weighted by Gasteiger charge is -2.34. The number of aromatic nitrogens is 1. The Morgan fingerprint density at radius 2 is 2.09 bits per heavy atom. The summed E-state index contributed by atoms with van der Waals surface area (Å²) >= 11 is 5.06. The molecule has 2 aromatic rings. The van der Waals surface area contributed by atoms with E-state index >= 15 is 0 Å². The van der Waals surface area contributed by atoms with Gasteiger partial charge in [-0.05, 0) is 34.1 Å². The van der Waals surface area contributed by atoms with Gasteiger partial charge in [-0.2, -0.15) is 0 Å². The Morgan fingerprint density at radius 3 is 2.68 bits per heavy atom. The molecular formula is C15H16BrN3O2S. The van der Waals surface area contributed by atoms with Crippen LogP contribution < -0.4 is 9.64 Å². The summed E-state index contributed by atoms with van der Waals surface area (Å²) in [5.74, 6) is 0.785. The molecule has 7 heteroatoms. The molecule has 1 fully saturated rings. The number of carbonyl (C=O) groups excluding carboxylic acids is 1. The number of amides is 1. The fourth-order valence-corrected chi connectivity index (χ4v) is 3.69. The van der Waals surface area contributed by atoms with Gasteiger partial charge in [-0.3, -0.25) is 4.79 Å². The molecule has 1 aliphatic rings. The first-order valence-corrected chi connectivity index (χ1v) is 8.63. The van der Waals surface area contributed by atoms with E-state index in [1.807, 2.05) is 28.6 Å². The molecule has 0 spiro atoms. The minimum Gasteiger partial charge on any atom is -0.496 e. The summed E-state index contributed by atoms with van der Waals surface area (Å²) in [6.07, 6.45) is 1.81. The van der Waals surface area contributed by atoms with Crippen LogP contribution in [0.25, 0.3) is 0 Å². The van der Waals surface area contributed by atoms with Crippen molar-refractivity contribution in [3.05, 3.63) is 39.8 Å². The SMILES string of the molecule is COc1ccc(C(=O)N2CCN(c3nccs3)CC2)cc1Br. The lowest BCUT2D eigenvalue weighted by molar-refractivity contribution is 0.0746. The van der Waals surface area contributed by atoms with Gasteiger partial charge in [-0.1, -0.05) is 0 Å². The van der Waals surface area contributed by atoms with E-state index in [4.69, 9.17) is 4.74 Å². The number of anilines is 1. The van der Waals surface area contributed by atoms with Crippen LogP contribution in [0.15, 0.2) is 34.2 Å². The zero-order chi connectivity index (χ0) is 15.5. The van der Waals surface area contributed by atoms with Gasteiger partial charge in [-0.25, -0.2) is 4.98 Å². The topological polar surface area (TPSA) is 45.7 Å². The molecular weight excluding hydrogens is 366 g/mol. The van der Waals surface area contributed by atoms with Crippen LogP contribution in [-0.2, 0) is 0 Å². The average Bonchev–Trinajstić information content (AvgIpc) is 3.09. The van der Waals surface area contributed by atoms with Crippen molar-refractivity contribution in [3.8, 4) is 5.75 Å². The predicted octanol–water partition coefficient (Wildman–Crippen LogP) is 2.88. The van der Waals surface area contributed by atoms with Gasteiger partial charge in [0.05, 0.1) is 11.6 Å². The average molecular weight is 382 g/mol. The Bertz CT molecular complexity index is 655. The van der Waals surface area contributed by atoms with Crippen LogP contribution in [0, 0.1) is 0 Å². The summed E-state index contributed by atoms with van der Waals surface area (Å²) in [6, 6.07) is 5.43. The summed E-state index contributed by atoms with van der Waals surface area (Å²) in [6.45, 7) is 3.05. The minimum atomic E-state index is 0.0575. The number of piperazine rings is 1. The number of ether oxygens (including phenoxy) is 1. The monoisotopic (exact) mass is 381 g/mol. The molecule has 1 aromatic heterocycles. The predicted molar refractivity (Wildman–Crippen MR) is 90.9 cm³/mol. The van der Waals surface area contributed by atoms with Crippen LogP contribution in [0.5, 0.6) is 5.75 Å². The first-order chi connectivity index (χ1) is 10.7. The molecule has 0 aliphatic carbocycles. The number of methoxy groups -OCH3 is 1. The summed E-state index contributed by atoms with van der Waals surface area (Å²) in [4.78, 5) is 21.0. The van der Waals surface area contributed by atoms with Crippen molar-refractivity contribution in [2.75, 3.05) is 38.2 Å². The Labute approximate surface area is 141 Å². The van der Waals surface area contributed by atoms with E-state index in [1.165, 1.54) is 0 Å². The Hall–Kier alpha value is -1.60. The Morgan fingerprint density at radius 1 is 1.32 bits per heavy atom. The normalized spacial score (nSPS) is 15.0. The highest BCUT2D eigenvalue weighted by Crippen LogP contribution is 2.26. The van der Waals surface area contributed by atoms with Gasteiger partial charge in [0.15, 0.2) is 5.13 Å². The number of hydrogen-bond acceptors (Lipinski definition) is 5. The highest BCUT2D eigenvalue weighted by Gasteiger charge is 2.23. The van der Waals surface area contributed by atoms with E-state index < -0.39 is 0 Å². The molecule has 0 unspecified atom stereocenters. The molecule has 22 heavy (non-hydrogen) atoms. The molecule has 1 aromatic carbocycles. The van der Waals surface area contributed by atoms with E-state index in [1.54, 1.807) is 24.5 Å². The third-order valence-electron chi connectivity index (χ3n) is 3.66. The first kappa shape index (κ1) is 15.3. The van der Waals surface area contributed by atoms with Crippen molar-refractivity contribution in [1.82, 2.24) is 9.88 Å². The highest BCUT2D eigenvalue weighted by atomic mass is 79.9. The van der Waals surface area contributed by atoms with E-state index in [-0.39, 0.29) is 5.91 Å². The van der Waals surface area contributed by atoms with Crippen molar-refractivity contribution in [1.29, 1.82) is 0 Å². The second-order valence-electron chi connectivity index (χ2n) is 4.94. The second kappa shape index (κ2) is 6.66. The van der Waals surface area contributed by atoms with Crippen LogP contribution in [0.3, 0.4) is 0 Å². The maximum absolute atomic E-state index is 12.6. The van der Waals surface area contributed by atoms with Gasteiger partial charge >= 0.3 is 0 Å². The lowest BCUT2D eigenvalue weighted by atomic mass is 10.1. The number of carbonyl (C=O) groups is 1. The molecule has 0 N–H and O–H groups in total. The number of nitrogens with zero attached hydrogens (tertiary/aromatic N) is 3. The highest BCUT2D eigenvalue weighted by molar-refractivity contribution is 9.10. The molecule has 1 amide bonds. The zero-order valence-electron chi connectivity index (χ0n) is 12.2. The molecule has 116 valence electrons. The molecule has 3 rings (SSSR count). The molecule has 1 saturated heterocycles. The third-order valence-corrected chi connectivity index (χ3v) is 5.11. The molecule has 0 saturated carbocycles. The quantitative estimate of drug-likeness (QED) is 0.819. The van der Waals surface area contributed by atoms with Gasteiger partial charge in [0.25, 0.3) is 5.91 Å². The van der Waals surface area contributed by atoms with E-state index in [9.17, 15) is 4.79 Å². The first-order valence-electron chi connectivity index (χ1n) is 6.96. The molecule has 2 heterocycles. The van der Waals surface area contributed by atoms with Gasteiger partial charge in [0.2, 0.25) is 0 Å². The van der Waals surface area contributed by atoms with Crippen LogP contribution in [0.2, 0.25) is 0 Å². The van der Waals surface area contributed by atoms with E-state index in [2.05, 4.69) is 25.8 Å². The fraction of sp³-hybridized carbons (Fsp3) is 0.333. The fourth-order valence-electron chi connectivity index (χ4n) is 2.45. The van der Waals surface area contributed by atoms with Crippen molar-refractivity contribution < 1.29 is 9.53 Å². The van der Waals surface area contributed by atoms with Gasteiger partial charge < -0.3 is 14.5 Å². The largest absolute Gasteiger partial charge is 0.496 e. The Kier molecular flexibility index (Phi) is 4.63. The Balaban J connectivity index is 1.65. The number of hydrogen-bond donors (Lipinski definition) is 0. The van der Waals surface area contributed by atoms with Crippen molar-refractivity contribution in [2.24, 2.45) is 0 Å². The standard InChI is InChI=1S/C15H16BrN3O2S/c1-21-13-3-2-11(10-12(13)16)14(20)18-5-7-19(8-6-18)15-17-4-9-22-15/h2-4,9-10H,5-8H2,1H3. The number of benzene rings is 1. The maximum Gasteiger partial charge on any atom is 0.254 e. The van der Waals surface area contributed by atoms with Crippen molar-refractivity contribution in [3.63, 3.8) is 0 Å². The number of thiazole rings is 1. The molecule has 5 nitrogen and oxygen atoms in total. The molecule has 0 atom stereocenters. The van der Waals surface area contributed by atoms with Crippen LogP contribution in [-0.4, -0.2) is 49.1 Å². The summed E-state index contributed by atoms with van der Waals surface area (Å²) in [7, 11) is 1.61. The van der Waals surface area contributed by atoms with Crippen LogP contribution in [0.4, 0.5) is 5.13 Å². The van der Waals surface area contributed by atoms with E-state index in [0.717, 1.165) is 28.4 Å². The molecule has 0 bridgehead atoms. The smallest absolute Gasteiger partial charge is 0.254 e. The third kappa shape index (κ3) is 3.10. The lowest BCUT2D eigenvalue weighted by Crippen LogP contribution is -2.48. The van der Waals surface area contributed by atoms with Crippen molar-refractivity contribution >= 4 is 38.3 Å². The molecule has 0 radical (unpaired) electrons. The van der Waals surface area contributed by atoms with Gasteiger partial charge in [0.1, 0.15) is 5.75 Å². The second-order valence-corrected chi connectivity index (χ2v) is 6.67. The van der Waals surface area contributed by atoms with Crippen LogP contribution in [0.1, 0.15) is 10.4 Å². The summed E-state index contributed by atoms with van der Waals surface area (Å²) in [5, 5.41) is 3.00. The summed E-state index contributed by atoms with van der Waals surface area (Å²) < 4.78 is 5.99. The minimum absolute atomic E-state index is 0.0575. The maximum atomic E-state index is 12.6.